The summed E-state index contributed by atoms with van der Waals surface area (Å²) < 4.78 is 0. The fourth-order valence-electron chi connectivity index (χ4n) is 4.72. The van der Waals surface area contributed by atoms with Crippen LogP contribution < -0.4 is 5.32 Å². The summed E-state index contributed by atoms with van der Waals surface area (Å²) in [6.07, 6.45) is 5.12. The van der Waals surface area contributed by atoms with Gasteiger partial charge in [-0.1, -0.05) is 24.6 Å². The monoisotopic (exact) mass is 437 g/mol. The number of piperidine rings is 1. The van der Waals surface area contributed by atoms with E-state index in [9.17, 15) is 0 Å². The first-order valence-electron chi connectivity index (χ1n) is 11.4. The molecule has 3 aromatic heterocycles. The number of hydrogen-bond donors (Lipinski definition) is 2. The quantitative estimate of drug-likeness (QED) is 0.439. The Bertz CT molecular complexity index is 1320. The van der Waals surface area contributed by atoms with Gasteiger partial charge < -0.3 is 10.3 Å². The number of hydrogen-bond acceptors (Lipinski definition) is 6. The molecule has 7 nitrogen and oxygen atoms in total. The number of nitriles is 1. The molecular formula is C26H27N7. The van der Waals surface area contributed by atoms with Crippen LogP contribution in [0, 0.1) is 25.2 Å². The van der Waals surface area contributed by atoms with E-state index in [1.807, 2.05) is 25.1 Å². The third-order valence-corrected chi connectivity index (χ3v) is 6.39. The van der Waals surface area contributed by atoms with Gasteiger partial charge in [-0.3, -0.25) is 4.90 Å². The van der Waals surface area contributed by atoms with Crippen LogP contribution in [0.1, 0.15) is 53.8 Å². The van der Waals surface area contributed by atoms with E-state index in [-0.39, 0.29) is 6.04 Å². The Morgan fingerprint density at radius 2 is 2.03 bits per heavy atom. The molecule has 166 valence electrons. The number of rotatable bonds is 5. The van der Waals surface area contributed by atoms with Crippen LogP contribution in [0.5, 0.6) is 0 Å². The van der Waals surface area contributed by atoms with E-state index in [1.54, 1.807) is 12.3 Å². The number of pyridine rings is 1. The summed E-state index contributed by atoms with van der Waals surface area (Å²) in [5.41, 5.74) is 6.02. The van der Waals surface area contributed by atoms with E-state index >= 15 is 0 Å². The van der Waals surface area contributed by atoms with E-state index in [4.69, 9.17) is 10.2 Å². The molecule has 0 bridgehead atoms. The Labute approximate surface area is 193 Å². The largest absolute Gasteiger partial charge is 0.357 e. The molecule has 0 saturated carbocycles. The van der Waals surface area contributed by atoms with Crippen molar-refractivity contribution in [3.63, 3.8) is 0 Å². The Balaban J connectivity index is 1.41. The molecule has 0 spiro atoms. The zero-order valence-corrected chi connectivity index (χ0v) is 19.0. The molecule has 0 radical (unpaired) electrons. The van der Waals surface area contributed by atoms with Crippen LogP contribution in [0.2, 0.25) is 0 Å². The fourth-order valence-corrected chi connectivity index (χ4v) is 4.72. The molecule has 1 aliphatic rings. The summed E-state index contributed by atoms with van der Waals surface area (Å²) in [5, 5.41) is 13.6. The van der Waals surface area contributed by atoms with Crippen LogP contribution in [-0.4, -0.2) is 31.4 Å². The molecule has 1 aliphatic heterocycles. The Morgan fingerprint density at radius 3 is 2.82 bits per heavy atom. The van der Waals surface area contributed by atoms with Gasteiger partial charge in [-0.15, -0.1) is 0 Å². The minimum absolute atomic E-state index is 0.242. The van der Waals surface area contributed by atoms with Crippen molar-refractivity contribution >= 4 is 22.4 Å². The molecule has 1 aromatic carbocycles. The van der Waals surface area contributed by atoms with E-state index < -0.39 is 0 Å². The zero-order chi connectivity index (χ0) is 22.8. The summed E-state index contributed by atoms with van der Waals surface area (Å²) in [4.78, 5) is 19.7. The number of aromatic nitrogens is 4. The molecule has 5 rings (SSSR count). The summed E-state index contributed by atoms with van der Waals surface area (Å²) in [7, 11) is 0. The van der Waals surface area contributed by atoms with Gasteiger partial charge in [0.2, 0.25) is 0 Å². The van der Waals surface area contributed by atoms with Gasteiger partial charge in [-0.2, -0.15) is 5.26 Å². The van der Waals surface area contributed by atoms with E-state index in [2.05, 4.69) is 56.4 Å². The number of anilines is 2. The minimum Gasteiger partial charge on any atom is -0.357 e. The van der Waals surface area contributed by atoms with E-state index in [1.165, 1.54) is 35.0 Å². The van der Waals surface area contributed by atoms with Crippen molar-refractivity contribution in [2.45, 2.75) is 45.7 Å². The van der Waals surface area contributed by atoms with Gasteiger partial charge in [-0.25, -0.2) is 15.0 Å². The topological polar surface area (TPSA) is 93.5 Å². The van der Waals surface area contributed by atoms with Crippen LogP contribution in [0.4, 0.5) is 11.5 Å². The highest BCUT2D eigenvalue weighted by Crippen LogP contribution is 2.33. The molecule has 1 atom stereocenters. The lowest BCUT2D eigenvalue weighted by Gasteiger charge is -2.35. The van der Waals surface area contributed by atoms with Gasteiger partial charge in [-0.05, 0) is 57.0 Å². The summed E-state index contributed by atoms with van der Waals surface area (Å²) in [6, 6.07) is 16.4. The van der Waals surface area contributed by atoms with Gasteiger partial charge in [0.1, 0.15) is 23.4 Å². The zero-order valence-electron chi connectivity index (χ0n) is 19.0. The number of nitrogens with one attached hydrogen (secondary N) is 2. The molecule has 4 heterocycles. The highest BCUT2D eigenvalue weighted by atomic mass is 15.2. The minimum atomic E-state index is 0.242. The normalized spacial score (nSPS) is 16.6. The SMILES string of the molecule is Cc1nc(Nc2ccc(C#N)nc2)cc(C2CCCCN2Cc2[nH]c3ccccc3c2C)n1. The van der Waals surface area contributed by atoms with Crippen LogP contribution in [-0.2, 0) is 6.54 Å². The molecule has 0 aliphatic carbocycles. The second-order valence-electron chi connectivity index (χ2n) is 8.65. The maximum absolute atomic E-state index is 8.96. The van der Waals surface area contributed by atoms with Crippen LogP contribution >= 0.6 is 0 Å². The fraction of sp³-hybridized carbons (Fsp3) is 0.308. The number of likely N-dealkylation sites (tertiary alicyclic amines) is 1. The molecule has 0 amide bonds. The molecule has 1 fully saturated rings. The Hall–Kier alpha value is -3.76. The van der Waals surface area contributed by atoms with Gasteiger partial charge in [0.25, 0.3) is 0 Å². The van der Waals surface area contributed by atoms with E-state index in [0.29, 0.717) is 5.69 Å². The van der Waals surface area contributed by atoms with Crippen molar-refractivity contribution in [1.29, 1.82) is 5.26 Å². The average Bonchev–Trinajstić information content (AvgIpc) is 3.15. The molecule has 1 saturated heterocycles. The first-order valence-corrected chi connectivity index (χ1v) is 11.4. The average molecular weight is 438 g/mol. The molecule has 33 heavy (non-hydrogen) atoms. The number of fused-ring (bicyclic) bond motifs is 1. The summed E-state index contributed by atoms with van der Waals surface area (Å²) in [5.74, 6) is 1.49. The lowest BCUT2D eigenvalue weighted by atomic mass is 9.98. The van der Waals surface area contributed by atoms with Crippen molar-refractivity contribution in [2.75, 3.05) is 11.9 Å². The molecule has 1 unspecified atom stereocenters. The maximum atomic E-state index is 8.96. The van der Waals surface area contributed by atoms with Crippen LogP contribution in [0.25, 0.3) is 10.9 Å². The number of H-pyrrole nitrogens is 1. The molecule has 7 heteroatoms. The second-order valence-corrected chi connectivity index (χ2v) is 8.65. The molecule has 4 aromatic rings. The molecular weight excluding hydrogens is 410 g/mol. The van der Waals surface area contributed by atoms with Gasteiger partial charge >= 0.3 is 0 Å². The standard InChI is InChI=1S/C26H27N7/c1-17-21-7-3-4-8-22(21)32-24(17)16-33-12-6-5-9-25(33)23-13-26(30-18(2)29-23)31-20-11-10-19(14-27)28-15-20/h3-4,7-8,10-11,13,15,25,32H,5-6,9,12,16H2,1-2H3,(H,29,30,31). The predicted octanol–water partition coefficient (Wildman–Crippen LogP) is 5.31. The first-order chi connectivity index (χ1) is 16.1. The smallest absolute Gasteiger partial charge is 0.140 e. The lowest BCUT2D eigenvalue weighted by Crippen LogP contribution is -2.34. The first kappa shape index (κ1) is 21.1. The Kier molecular flexibility index (Phi) is 5.76. The van der Waals surface area contributed by atoms with Gasteiger partial charge in [0.05, 0.1) is 23.6 Å². The van der Waals surface area contributed by atoms with Gasteiger partial charge in [0, 0.05) is 29.2 Å². The van der Waals surface area contributed by atoms with Gasteiger partial charge in [0.15, 0.2) is 0 Å². The number of aryl methyl sites for hydroxylation is 2. The van der Waals surface area contributed by atoms with Crippen molar-refractivity contribution in [1.82, 2.24) is 24.8 Å². The van der Waals surface area contributed by atoms with Crippen LogP contribution in [0.3, 0.4) is 0 Å². The second kappa shape index (κ2) is 9.00. The Morgan fingerprint density at radius 1 is 1.15 bits per heavy atom. The third kappa shape index (κ3) is 4.43. The van der Waals surface area contributed by atoms with Crippen molar-refractivity contribution < 1.29 is 0 Å². The van der Waals surface area contributed by atoms with Crippen LogP contribution in [0.15, 0.2) is 48.7 Å². The highest BCUT2D eigenvalue weighted by Gasteiger charge is 2.27. The summed E-state index contributed by atoms with van der Waals surface area (Å²) in [6.45, 7) is 6.05. The number of nitrogens with zero attached hydrogens (tertiary/aromatic N) is 5. The number of benzene rings is 1. The predicted molar refractivity (Wildman–Crippen MR) is 129 cm³/mol. The molecule has 2 N–H and O–H groups in total. The maximum Gasteiger partial charge on any atom is 0.140 e. The van der Waals surface area contributed by atoms with Crippen molar-refractivity contribution in [2.24, 2.45) is 0 Å². The van der Waals surface area contributed by atoms with E-state index in [0.717, 1.165) is 42.5 Å². The van der Waals surface area contributed by atoms with Crippen molar-refractivity contribution in [3.8, 4) is 6.07 Å². The number of para-hydroxylation sites is 1. The lowest BCUT2D eigenvalue weighted by molar-refractivity contribution is 0.135. The highest BCUT2D eigenvalue weighted by molar-refractivity contribution is 5.84. The third-order valence-electron chi connectivity index (χ3n) is 6.39. The number of aromatic amines is 1. The summed E-state index contributed by atoms with van der Waals surface area (Å²) >= 11 is 0. The van der Waals surface area contributed by atoms with Crippen molar-refractivity contribution in [3.05, 3.63) is 77.1 Å².